The molecule has 0 N–H and O–H groups in total. The maximum absolute atomic E-state index is 6.54. The van der Waals surface area contributed by atoms with Gasteiger partial charge in [-0.05, 0) is 0 Å². The number of nitrogens with zero attached hydrogens (tertiary/aromatic N) is 4. The van der Waals surface area contributed by atoms with Crippen molar-refractivity contribution in [2.24, 2.45) is 0 Å². The molecule has 5 nitrogen and oxygen atoms in total. The molecule has 1 aliphatic rings. The number of hydrogen-bond acceptors (Lipinski definition) is 4. The standard InChI is InChI=1S/C29H16N4O.Po/c1-2-11-26-25(10-1)32-29-23-18-21(13-14-22(23)28-27(33(26)29)12-6-16-31-28)34-20-8-5-7-19(17-20)24-9-3-4-15-30-24;/h1-16H;. The minimum absolute atomic E-state index is 0.942. The van der Waals surface area contributed by atoms with Gasteiger partial charge in [-0.15, -0.1) is 0 Å². The van der Waals surface area contributed by atoms with Crippen LogP contribution in [-0.4, -0.2) is 42.9 Å². The second-order valence-electron chi connectivity index (χ2n) is 8.50. The van der Waals surface area contributed by atoms with Crippen LogP contribution in [0.5, 0.6) is 11.5 Å². The Balaban J connectivity index is 1.50. The Morgan fingerprint density at radius 1 is 0.686 bits per heavy atom. The SMILES string of the molecule is c1ccc(-c2cccc3[c]2[Po][c]2c(ccc4c5ncccc5n5c6ccccc6nc5c24)O3)nc1. The summed E-state index contributed by atoms with van der Waals surface area (Å²) >= 11 is -1.26. The Morgan fingerprint density at radius 2 is 1.54 bits per heavy atom. The molecule has 0 amide bonds. The molecule has 0 radical (unpaired) electrons. The molecule has 0 bridgehead atoms. The minimum atomic E-state index is -1.26. The van der Waals surface area contributed by atoms with Crippen LogP contribution in [0, 0.1) is 0 Å². The van der Waals surface area contributed by atoms with E-state index in [2.05, 4.69) is 70.0 Å². The summed E-state index contributed by atoms with van der Waals surface area (Å²) in [6.07, 6.45) is 3.72. The van der Waals surface area contributed by atoms with E-state index in [1.807, 2.05) is 36.7 Å². The van der Waals surface area contributed by atoms with E-state index in [0.717, 1.165) is 55.7 Å². The summed E-state index contributed by atoms with van der Waals surface area (Å²) in [5.74, 6) is 1.89. The van der Waals surface area contributed by atoms with Crippen LogP contribution in [0.2, 0.25) is 0 Å². The molecule has 1 aliphatic heterocycles. The van der Waals surface area contributed by atoms with Crippen molar-refractivity contribution in [3.05, 3.63) is 97.3 Å². The number of para-hydroxylation sites is 2. The van der Waals surface area contributed by atoms with Gasteiger partial charge in [0.1, 0.15) is 0 Å². The van der Waals surface area contributed by atoms with Gasteiger partial charge < -0.3 is 0 Å². The second-order valence-corrected chi connectivity index (χ2v) is 12.5. The Labute approximate surface area is 211 Å². The summed E-state index contributed by atoms with van der Waals surface area (Å²) in [5.41, 5.74) is 7.26. The summed E-state index contributed by atoms with van der Waals surface area (Å²) in [7, 11) is 0. The van der Waals surface area contributed by atoms with E-state index in [4.69, 9.17) is 14.7 Å². The van der Waals surface area contributed by atoms with E-state index in [1.54, 1.807) is 0 Å². The number of hydrogen-bond donors (Lipinski definition) is 0. The zero-order valence-electron chi connectivity index (χ0n) is 18.3. The Morgan fingerprint density at radius 3 is 2.49 bits per heavy atom. The molecular weight excluding hydrogens is 629 g/mol. The fourth-order valence-electron chi connectivity index (χ4n) is 5.03. The number of ether oxygens (including phenoxy) is 1. The van der Waals surface area contributed by atoms with E-state index in [-0.39, 0.29) is 0 Å². The molecule has 0 spiro atoms. The molecule has 8 rings (SSSR count). The maximum atomic E-state index is 6.54. The van der Waals surface area contributed by atoms with Gasteiger partial charge in [0.2, 0.25) is 0 Å². The van der Waals surface area contributed by atoms with E-state index in [1.165, 1.54) is 12.0 Å². The van der Waals surface area contributed by atoms with Gasteiger partial charge in [0.25, 0.3) is 0 Å². The molecular formula is C29H16N4OPo. The summed E-state index contributed by atoms with van der Waals surface area (Å²) in [6.45, 7) is 0. The van der Waals surface area contributed by atoms with E-state index in [0.29, 0.717) is 0 Å². The Kier molecular flexibility index (Phi) is 4.06. The molecule has 0 saturated heterocycles. The molecule has 35 heavy (non-hydrogen) atoms. The van der Waals surface area contributed by atoms with Crippen LogP contribution in [0.25, 0.3) is 49.7 Å². The van der Waals surface area contributed by atoms with Crippen molar-refractivity contribution in [1.82, 2.24) is 19.4 Å². The first-order valence-corrected chi connectivity index (χ1v) is 14.5. The number of fused-ring (bicyclic) bond motifs is 11. The molecule has 4 aromatic heterocycles. The first-order valence-electron chi connectivity index (χ1n) is 11.4. The third kappa shape index (κ3) is 2.75. The third-order valence-corrected chi connectivity index (χ3v) is 11.3. The fourth-order valence-corrected chi connectivity index (χ4v) is 9.74. The molecule has 0 aliphatic carbocycles. The summed E-state index contributed by atoms with van der Waals surface area (Å²) in [6, 6.07) is 29.1. The summed E-state index contributed by atoms with van der Waals surface area (Å²) in [4.78, 5) is 14.6. The monoisotopic (exact) mass is 645 g/mol. The molecule has 0 atom stereocenters. The van der Waals surface area contributed by atoms with E-state index < -0.39 is 23.6 Å². The predicted molar refractivity (Wildman–Crippen MR) is 140 cm³/mol. The number of rotatable bonds is 1. The summed E-state index contributed by atoms with van der Waals surface area (Å²) < 4.78 is 11.4. The van der Waals surface area contributed by atoms with Gasteiger partial charge in [0, 0.05) is 0 Å². The average Bonchev–Trinajstić information content (AvgIpc) is 3.31. The van der Waals surface area contributed by atoms with Gasteiger partial charge in [-0.25, -0.2) is 0 Å². The second kappa shape index (κ2) is 7.31. The molecule has 0 saturated carbocycles. The van der Waals surface area contributed by atoms with Gasteiger partial charge in [-0.3, -0.25) is 0 Å². The van der Waals surface area contributed by atoms with Crippen LogP contribution < -0.4 is 11.2 Å². The molecule has 6 heteroatoms. The normalized spacial score (nSPS) is 12.7. The number of imidazole rings is 1. The van der Waals surface area contributed by atoms with E-state index in [9.17, 15) is 0 Å². The molecule has 164 valence electrons. The third-order valence-electron chi connectivity index (χ3n) is 6.53. The van der Waals surface area contributed by atoms with E-state index >= 15 is 0 Å². The first-order chi connectivity index (χ1) is 17.4. The van der Waals surface area contributed by atoms with Crippen LogP contribution in [0.15, 0.2) is 97.3 Å². The van der Waals surface area contributed by atoms with Crippen LogP contribution in [0.3, 0.4) is 0 Å². The van der Waals surface area contributed by atoms with Gasteiger partial charge in [0.05, 0.1) is 0 Å². The number of pyridine rings is 3. The van der Waals surface area contributed by atoms with Gasteiger partial charge in [-0.1, -0.05) is 0 Å². The van der Waals surface area contributed by atoms with Crippen molar-refractivity contribution in [2.75, 3.05) is 0 Å². The number of benzene rings is 3. The average molecular weight is 645 g/mol. The van der Waals surface area contributed by atoms with Crippen molar-refractivity contribution in [2.45, 2.75) is 0 Å². The van der Waals surface area contributed by atoms with Crippen molar-refractivity contribution < 1.29 is 4.74 Å². The zero-order valence-corrected chi connectivity index (χ0v) is 21.5. The van der Waals surface area contributed by atoms with Gasteiger partial charge >= 0.3 is 213 Å². The molecule has 0 fully saturated rings. The molecule has 5 heterocycles. The molecule has 7 aromatic rings. The topological polar surface area (TPSA) is 52.3 Å². The van der Waals surface area contributed by atoms with Crippen molar-refractivity contribution in [3.8, 4) is 22.8 Å². The molecule has 3 aromatic carbocycles. The quantitative estimate of drug-likeness (QED) is 0.236. The van der Waals surface area contributed by atoms with Crippen LogP contribution in [-0.2, 0) is 0 Å². The number of aromatic nitrogens is 4. The summed E-state index contributed by atoms with van der Waals surface area (Å²) in [5, 5.41) is 2.29. The van der Waals surface area contributed by atoms with Gasteiger partial charge in [-0.2, -0.15) is 0 Å². The fraction of sp³-hybridized carbons (Fsp3) is 0. The Bertz CT molecular complexity index is 1960. The van der Waals surface area contributed by atoms with Crippen molar-refractivity contribution in [3.63, 3.8) is 0 Å². The predicted octanol–water partition coefficient (Wildman–Crippen LogP) is 5.01. The van der Waals surface area contributed by atoms with Crippen molar-refractivity contribution >= 4 is 68.5 Å². The van der Waals surface area contributed by atoms with Crippen LogP contribution >= 0.6 is 0 Å². The van der Waals surface area contributed by atoms with Crippen molar-refractivity contribution in [1.29, 1.82) is 0 Å². The van der Waals surface area contributed by atoms with Gasteiger partial charge in [0.15, 0.2) is 0 Å². The first kappa shape index (κ1) is 19.4. The van der Waals surface area contributed by atoms with Crippen LogP contribution in [0.1, 0.15) is 0 Å². The Hall–Kier alpha value is -3.87. The zero-order chi connectivity index (χ0) is 22.9. The van der Waals surface area contributed by atoms with Crippen LogP contribution in [0.4, 0.5) is 0 Å². The molecule has 0 unspecified atom stereocenters.